The average molecular weight is 239 g/mol. The summed E-state index contributed by atoms with van der Waals surface area (Å²) >= 11 is 0.959. The van der Waals surface area contributed by atoms with E-state index in [0.29, 0.717) is 6.42 Å². The molecule has 1 aromatic rings. The third-order valence-electron chi connectivity index (χ3n) is 1.98. The smallest absolute Gasteiger partial charge is 0.316 e. The highest BCUT2D eigenvalue weighted by atomic mass is 32.2. The van der Waals surface area contributed by atoms with Crippen LogP contribution < -0.4 is 0 Å². The van der Waals surface area contributed by atoms with Gasteiger partial charge in [0.1, 0.15) is 11.1 Å². The Balaban J connectivity index is 2.90. The molecule has 0 aliphatic carbocycles. The summed E-state index contributed by atoms with van der Waals surface area (Å²) in [6.45, 7) is 1.73. The van der Waals surface area contributed by atoms with Crippen molar-refractivity contribution in [2.24, 2.45) is 0 Å². The molecule has 0 heterocycles. The van der Waals surface area contributed by atoms with Gasteiger partial charge in [-0.15, -0.1) is 11.8 Å². The van der Waals surface area contributed by atoms with E-state index in [0.717, 1.165) is 17.8 Å². The Labute approximate surface area is 96.9 Å². The van der Waals surface area contributed by atoms with Gasteiger partial charge in [-0.3, -0.25) is 4.79 Å². The molecule has 1 unspecified atom stereocenters. The second-order valence-electron chi connectivity index (χ2n) is 3.11. The lowest BCUT2D eigenvalue weighted by atomic mass is 10.2. The quantitative estimate of drug-likeness (QED) is 0.820. The van der Waals surface area contributed by atoms with Gasteiger partial charge >= 0.3 is 5.97 Å². The lowest BCUT2D eigenvalue weighted by Gasteiger charge is -2.09. The number of hydrogen-bond acceptors (Lipinski definition) is 3. The first-order chi connectivity index (χ1) is 7.58. The van der Waals surface area contributed by atoms with Gasteiger partial charge in [-0.05, 0) is 24.6 Å². The van der Waals surface area contributed by atoms with Crippen LogP contribution in [0.2, 0.25) is 0 Å². The summed E-state index contributed by atoms with van der Waals surface area (Å²) in [4.78, 5) is 11.0. The van der Waals surface area contributed by atoms with E-state index in [4.69, 9.17) is 10.4 Å². The van der Waals surface area contributed by atoms with Crippen molar-refractivity contribution in [1.82, 2.24) is 0 Å². The molecule has 0 radical (unpaired) electrons. The number of carboxylic acid groups (broad SMARTS) is 1. The fourth-order valence-electron chi connectivity index (χ4n) is 1.13. The Kier molecular flexibility index (Phi) is 4.32. The van der Waals surface area contributed by atoms with E-state index in [1.807, 2.05) is 6.07 Å². The molecule has 0 fully saturated rings. The topological polar surface area (TPSA) is 61.1 Å². The number of thioether (sulfide) groups is 1. The van der Waals surface area contributed by atoms with Crippen molar-refractivity contribution >= 4 is 17.7 Å². The molecule has 0 saturated carbocycles. The summed E-state index contributed by atoms with van der Waals surface area (Å²) in [5.41, 5.74) is 0.227. The number of carbonyl (C=O) groups is 1. The summed E-state index contributed by atoms with van der Waals surface area (Å²) in [5, 5.41) is 16.7. The number of nitriles is 1. The molecule has 1 aromatic carbocycles. The van der Waals surface area contributed by atoms with Gasteiger partial charge in [-0.2, -0.15) is 5.26 Å². The SMILES string of the molecule is CCC(Sc1ccc(C#N)cc1F)C(=O)O. The van der Waals surface area contributed by atoms with E-state index in [1.165, 1.54) is 12.1 Å². The highest BCUT2D eigenvalue weighted by Gasteiger charge is 2.18. The van der Waals surface area contributed by atoms with Gasteiger partial charge in [0.15, 0.2) is 0 Å². The molecule has 0 aliphatic rings. The number of hydrogen-bond donors (Lipinski definition) is 1. The molecule has 0 bridgehead atoms. The lowest BCUT2D eigenvalue weighted by Crippen LogP contribution is -2.14. The van der Waals surface area contributed by atoms with Crippen molar-refractivity contribution in [1.29, 1.82) is 5.26 Å². The van der Waals surface area contributed by atoms with Crippen LogP contribution in [-0.4, -0.2) is 16.3 Å². The zero-order chi connectivity index (χ0) is 12.1. The van der Waals surface area contributed by atoms with E-state index in [1.54, 1.807) is 6.92 Å². The fourth-order valence-corrected chi connectivity index (χ4v) is 2.02. The Bertz CT molecular complexity index is 442. The van der Waals surface area contributed by atoms with Crippen molar-refractivity contribution in [2.45, 2.75) is 23.5 Å². The molecule has 0 aromatic heterocycles. The molecular formula is C11H10FNO2S. The summed E-state index contributed by atoms with van der Waals surface area (Å²) in [6, 6.07) is 5.83. The molecule has 1 atom stereocenters. The highest BCUT2D eigenvalue weighted by Crippen LogP contribution is 2.28. The van der Waals surface area contributed by atoms with Crippen molar-refractivity contribution < 1.29 is 14.3 Å². The molecule has 1 N–H and O–H groups in total. The number of halogens is 1. The summed E-state index contributed by atoms with van der Waals surface area (Å²) in [7, 11) is 0. The van der Waals surface area contributed by atoms with Gasteiger partial charge in [0.2, 0.25) is 0 Å². The number of carboxylic acids is 1. The first-order valence-corrected chi connectivity index (χ1v) is 5.55. The number of rotatable bonds is 4. The minimum Gasteiger partial charge on any atom is -0.480 e. The molecule has 0 amide bonds. The van der Waals surface area contributed by atoms with Gasteiger partial charge < -0.3 is 5.11 Å². The van der Waals surface area contributed by atoms with Crippen LogP contribution in [0.25, 0.3) is 0 Å². The van der Waals surface area contributed by atoms with E-state index in [9.17, 15) is 9.18 Å². The number of nitrogens with zero attached hydrogens (tertiary/aromatic N) is 1. The Morgan fingerprint density at radius 1 is 1.69 bits per heavy atom. The molecule has 3 nitrogen and oxygen atoms in total. The maximum Gasteiger partial charge on any atom is 0.316 e. The highest BCUT2D eigenvalue weighted by molar-refractivity contribution is 8.00. The second-order valence-corrected chi connectivity index (χ2v) is 4.35. The van der Waals surface area contributed by atoms with Crippen LogP contribution >= 0.6 is 11.8 Å². The molecular weight excluding hydrogens is 229 g/mol. The molecule has 1 rings (SSSR count). The number of benzene rings is 1. The van der Waals surface area contributed by atoms with Crippen LogP contribution in [0.4, 0.5) is 4.39 Å². The van der Waals surface area contributed by atoms with E-state index < -0.39 is 17.0 Å². The minimum absolute atomic E-state index is 0.227. The third kappa shape index (κ3) is 2.97. The zero-order valence-corrected chi connectivity index (χ0v) is 9.42. The normalized spacial score (nSPS) is 11.8. The second kappa shape index (κ2) is 5.52. The summed E-state index contributed by atoms with van der Waals surface area (Å²) in [6.07, 6.45) is 0.416. The van der Waals surface area contributed by atoms with Crippen molar-refractivity contribution in [3.8, 4) is 6.07 Å². The Hall–Kier alpha value is -1.54. The first-order valence-electron chi connectivity index (χ1n) is 4.67. The maximum absolute atomic E-state index is 13.4. The Morgan fingerprint density at radius 3 is 2.81 bits per heavy atom. The van der Waals surface area contributed by atoms with Gasteiger partial charge in [-0.25, -0.2) is 4.39 Å². The fraction of sp³-hybridized carbons (Fsp3) is 0.273. The maximum atomic E-state index is 13.4. The predicted octanol–water partition coefficient (Wildman–Crippen LogP) is 2.65. The monoisotopic (exact) mass is 239 g/mol. The van der Waals surface area contributed by atoms with Crippen LogP contribution in [0, 0.1) is 17.1 Å². The third-order valence-corrected chi connectivity index (χ3v) is 3.38. The van der Waals surface area contributed by atoms with Crippen molar-refractivity contribution in [3.05, 3.63) is 29.6 Å². The standard InChI is InChI=1S/C11H10FNO2S/c1-2-9(11(14)15)16-10-4-3-7(6-13)5-8(10)12/h3-5,9H,2H2,1H3,(H,14,15). The number of aliphatic carboxylic acids is 1. The van der Waals surface area contributed by atoms with Gasteiger partial charge in [0.25, 0.3) is 0 Å². The largest absolute Gasteiger partial charge is 0.480 e. The van der Waals surface area contributed by atoms with Crippen LogP contribution in [-0.2, 0) is 4.79 Å². The van der Waals surface area contributed by atoms with Crippen LogP contribution in [0.1, 0.15) is 18.9 Å². The van der Waals surface area contributed by atoms with Gasteiger partial charge in [-0.1, -0.05) is 6.92 Å². The van der Waals surface area contributed by atoms with Crippen molar-refractivity contribution in [2.75, 3.05) is 0 Å². The van der Waals surface area contributed by atoms with Crippen LogP contribution in [0.3, 0.4) is 0 Å². The van der Waals surface area contributed by atoms with E-state index >= 15 is 0 Å². The van der Waals surface area contributed by atoms with Gasteiger partial charge in [0.05, 0.1) is 11.6 Å². The molecule has 16 heavy (non-hydrogen) atoms. The van der Waals surface area contributed by atoms with E-state index in [2.05, 4.69) is 0 Å². The Morgan fingerprint density at radius 2 is 2.38 bits per heavy atom. The lowest BCUT2D eigenvalue weighted by molar-refractivity contribution is -0.136. The molecule has 84 valence electrons. The predicted molar refractivity (Wildman–Crippen MR) is 58.7 cm³/mol. The van der Waals surface area contributed by atoms with Crippen LogP contribution in [0.15, 0.2) is 23.1 Å². The van der Waals surface area contributed by atoms with Gasteiger partial charge in [0, 0.05) is 4.90 Å². The van der Waals surface area contributed by atoms with Crippen molar-refractivity contribution in [3.63, 3.8) is 0 Å². The average Bonchev–Trinajstić information content (AvgIpc) is 2.26. The molecule has 0 spiro atoms. The molecule has 0 saturated heterocycles. The minimum atomic E-state index is -0.962. The summed E-state index contributed by atoms with van der Waals surface area (Å²) in [5.74, 6) is -1.51. The molecule has 0 aliphatic heterocycles. The summed E-state index contributed by atoms with van der Waals surface area (Å²) < 4.78 is 13.4. The van der Waals surface area contributed by atoms with Crippen LogP contribution in [0.5, 0.6) is 0 Å². The first kappa shape index (κ1) is 12.5. The zero-order valence-electron chi connectivity index (χ0n) is 8.61. The van der Waals surface area contributed by atoms with E-state index in [-0.39, 0.29) is 10.5 Å². The molecule has 5 heteroatoms.